The van der Waals surface area contributed by atoms with Gasteiger partial charge >= 0.3 is 0 Å². The van der Waals surface area contributed by atoms with Crippen molar-refractivity contribution in [2.45, 2.75) is 25.8 Å². The molecular formula is C10H13N3S. The monoisotopic (exact) mass is 207 g/mol. The largest absolute Gasteiger partial charge is 0.327 e. The fraction of sp³-hybridized carbons (Fsp3) is 0.400. The number of aromatic nitrogens is 2. The molecule has 2 aromatic heterocycles. The van der Waals surface area contributed by atoms with Crippen LogP contribution in [0, 0.1) is 0 Å². The van der Waals surface area contributed by atoms with Gasteiger partial charge in [0.1, 0.15) is 10.3 Å². The highest BCUT2D eigenvalue weighted by atomic mass is 32.1. The highest BCUT2D eigenvalue weighted by Gasteiger charge is 2.07. The van der Waals surface area contributed by atoms with E-state index in [0.29, 0.717) is 0 Å². The van der Waals surface area contributed by atoms with Crippen molar-refractivity contribution in [2.24, 2.45) is 5.73 Å². The lowest BCUT2D eigenvalue weighted by molar-refractivity contribution is 0.645. The van der Waals surface area contributed by atoms with Crippen LogP contribution in [0.4, 0.5) is 0 Å². The van der Waals surface area contributed by atoms with Gasteiger partial charge in [-0.25, -0.2) is 9.97 Å². The number of nitrogens with zero attached hydrogens (tertiary/aromatic N) is 2. The van der Waals surface area contributed by atoms with E-state index < -0.39 is 0 Å². The summed E-state index contributed by atoms with van der Waals surface area (Å²) in [7, 11) is 0. The van der Waals surface area contributed by atoms with Crippen molar-refractivity contribution < 1.29 is 0 Å². The molecule has 2 rings (SSSR count). The molecule has 4 heteroatoms. The Morgan fingerprint density at radius 1 is 1.57 bits per heavy atom. The van der Waals surface area contributed by atoms with E-state index in [2.05, 4.69) is 16.9 Å². The molecule has 0 aliphatic carbocycles. The Labute approximate surface area is 87.0 Å². The second kappa shape index (κ2) is 4.02. The third-order valence-electron chi connectivity index (χ3n) is 2.17. The van der Waals surface area contributed by atoms with Crippen LogP contribution in [-0.2, 0) is 6.42 Å². The standard InChI is InChI=1S/C10H13N3S/c1-2-7(11)6-9-13-8-4-3-5-12-10(8)14-9/h3-5,7H,2,6,11H2,1H3. The van der Waals surface area contributed by atoms with Gasteiger partial charge < -0.3 is 5.73 Å². The van der Waals surface area contributed by atoms with E-state index in [1.165, 1.54) is 0 Å². The molecule has 2 N–H and O–H groups in total. The van der Waals surface area contributed by atoms with Gasteiger partial charge in [-0.15, -0.1) is 0 Å². The Bertz CT molecular complexity index is 391. The van der Waals surface area contributed by atoms with Gasteiger partial charge in [-0.05, 0) is 18.6 Å². The summed E-state index contributed by atoms with van der Waals surface area (Å²) < 4.78 is 0. The number of pyridine rings is 1. The van der Waals surface area contributed by atoms with Gasteiger partial charge in [-0.2, -0.15) is 0 Å². The number of fused-ring (bicyclic) bond motifs is 1. The smallest absolute Gasteiger partial charge is 0.143 e. The quantitative estimate of drug-likeness (QED) is 0.837. The number of hydrogen-bond donors (Lipinski definition) is 1. The Balaban J connectivity index is 2.27. The summed E-state index contributed by atoms with van der Waals surface area (Å²) in [6, 6.07) is 4.11. The predicted octanol–water partition coefficient (Wildman–Crippen LogP) is 1.97. The first-order valence-corrected chi connectivity index (χ1v) is 5.57. The Morgan fingerprint density at radius 3 is 3.14 bits per heavy atom. The minimum Gasteiger partial charge on any atom is -0.327 e. The molecule has 0 aromatic carbocycles. The van der Waals surface area contributed by atoms with Gasteiger partial charge in [-0.3, -0.25) is 0 Å². The van der Waals surface area contributed by atoms with Crippen molar-refractivity contribution >= 4 is 21.7 Å². The highest BCUT2D eigenvalue weighted by molar-refractivity contribution is 7.18. The summed E-state index contributed by atoms with van der Waals surface area (Å²) in [5, 5.41) is 1.09. The fourth-order valence-corrected chi connectivity index (χ4v) is 2.27. The first kappa shape index (κ1) is 9.55. The van der Waals surface area contributed by atoms with E-state index in [9.17, 15) is 0 Å². The average molecular weight is 207 g/mol. The van der Waals surface area contributed by atoms with Gasteiger partial charge in [-0.1, -0.05) is 18.3 Å². The molecule has 1 atom stereocenters. The highest BCUT2D eigenvalue weighted by Crippen LogP contribution is 2.20. The van der Waals surface area contributed by atoms with Gasteiger partial charge in [0, 0.05) is 18.7 Å². The summed E-state index contributed by atoms with van der Waals surface area (Å²) >= 11 is 1.64. The SMILES string of the molecule is CCC(N)Cc1nc2cccnc2s1. The molecule has 0 aliphatic heterocycles. The fourth-order valence-electron chi connectivity index (χ4n) is 1.27. The van der Waals surface area contributed by atoms with Crippen LogP contribution < -0.4 is 5.73 Å². The van der Waals surface area contributed by atoms with Crippen molar-refractivity contribution in [3.05, 3.63) is 23.3 Å². The first-order chi connectivity index (χ1) is 6.79. The number of nitrogens with two attached hydrogens (primary N) is 1. The van der Waals surface area contributed by atoms with Crippen LogP contribution in [0.25, 0.3) is 10.3 Å². The molecule has 0 fully saturated rings. The molecule has 0 amide bonds. The molecule has 3 nitrogen and oxygen atoms in total. The van der Waals surface area contributed by atoms with Crippen molar-refractivity contribution in [1.29, 1.82) is 0 Å². The summed E-state index contributed by atoms with van der Waals surface area (Å²) in [6.45, 7) is 2.09. The summed E-state index contributed by atoms with van der Waals surface area (Å²) in [5.41, 5.74) is 6.86. The summed E-state index contributed by atoms with van der Waals surface area (Å²) in [4.78, 5) is 9.73. The predicted molar refractivity (Wildman–Crippen MR) is 59.4 cm³/mol. The number of hydrogen-bond acceptors (Lipinski definition) is 4. The van der Waals surface area contributed by atoms with E-state index >= 15 is 0 Å². The summed E-state index contributed by atoms with van der Waals surface area (Å²) in [6.07, 6.45) is 3.64. The Kier molecular flexibility index (Phi) is 2.74. The van der Waals surface area contributed by atoms with Crippen LogP contribution in [0.5, 0.6) is 0 Å². The van der Waals surface area contributed by atoms with Crippen molar-refractivity contribution in [3.8, 4) is 0 Å². The molecule has 0 saturated carbocycles. The van der Waals surface area contributed by atoms with Crippen LogP contribution in [0.2, 0.25) is 0 Å². The molecular weight excluding hydrogens is 194 g/mol. The normalized spacial score (nSPS) is 13.3. The van der Waals surface area contributed by atoms with Gasteiger partial charge in [0.15, 0.2) is 0 Å². The third-order valence-corrected chi connectivity index (χ3v) is 3.17. The maximum atomic E-state index is 5.87. The molecule has 0 saturated heterocycles. The van der Waals surface area contributed by atoms with E-state index in [1.54, 1.807) is 17.5 Å². The van der Waals surface area contributed by atoms with Crippen LogP contribution in [0.15, 0.2) is 18.3 Å². The van der Waals surface area contributed by atoms with E-state index in [0.717, 1.165) is 28.2 Å². The zero-order valence-corrected chi connectivity index (χ0v) is 8.92. The summed E-state index contributed by atoms with van der Waals surface area (Å²) in [5.74, 6) is 0. The number of thiazole rings is 1. The molecule has 0 radical (unpaired) electrons. The lowest BCUT2D eigenvalue weighted by Crippen LogP contribution is -2.21. The maximum absolute atomic E-state index is 5.87. The van der Waals surface area contributed by atoms with E-state index in [1.807, 2.05) is 12.1 Å². The van der Waals surface area contributed by atoms with Crippen molar-refractivity contribution in [2.75, 3.05) is 0 Å². The second-order valence-electron chi connectivity index (χ2n) is 3.31. The molecule has 14 heavy (non-hydrogen) atoms. The van der Waals surface area contributed by atoms with Crippen LogP contribution in [0.3, 0.4) is 0 Å². The molecule has 0 spiro atoms. The molecule has 0 aliphatic rings. The first-order valence-electron chi connectivity index (χ1n) is 4.75. The van der Waals surface area contributed by atoms with Gasteiger partial charge in [0.25, 0.3) is 0 Å². The molecule has 1 unspecified atom stereocenters. The molecule has 74 valence electrons. The van der Waals surface area contributed by atoms with Crippen LogP contribution >= 0.6 is 11.3 Å². The zero-order valence-electron chi connectivity index (χ0n) is 8.10. The van der Waals surface area contributed by atoms with Gasteiger partial charge in [0.2, 0.25) is 0 Å². The molecule has 2 heterocycles. The van der Waals surface area contributed by atoms with Crippen molar-refractivity contribution in [1.82, 2.24) is 9.97 Å². The van der Waals surface area contributed by atoms with Gasteiger partial charge in [0.05, 0.1) is 5.01 Å². The van der Waals surface area contributed by atoms with Crippen LogP contribution in [0.1, 0.15) is 18.4 Å². The lowest BCUT2D eigenvalue weighted by Gasteiger charge is -2.03. The van der Waals surface area contributed by atoms with E-state index in [4.69, 9.17) is 5.73 Å². The topological polar surface area (TPSA) is 51.8 Å². The molecule has 0 bridgehead atoms. The van der Waals surface area contributed by atoms with Crippen molar-refractivity contribution in [3.63, 3.8) is 0 Å². The maximum Gasteiger partial charge on any atom is 0.143 e. The van der Waals surface area contributed by atoms with Crippen LogP contribution in [-0.4, -0.2) is 16.0 Å². The lowest BCUT2D eigenvalue weighted by atomic mass is 10.2. The number of rotatable bonds is 3. The second-order valence-corrected chi connectivity index (χ2v) is 4.37. The minimum atomic E-state index is 0.218. The third kappa shape index (κ3) is 1.91. The van der Waals surface area contributed by atoms with E-state index in [-0.39, 0.29) is 6.04 Å². The Morgan fingerprint density at radius 2 is 2.43 bits per heavy atom. The molecule has 2 aromatic rings. The average Bonchev–Trinajstić information content (AvgIpc) is 2.59. The minimum absolute atomic E-state index is 0.218. The Hall–Kier alpha value is -1.00. The zero-order chi connectivity index (χ0) is 9.97.